The van der Waals surface area contributed by atoms with Gasteiger partial charge in [0.25, 0.3) is 0 Å². The van der Waals surface area contributed by atoms with Crippen molar-refractivity contribution >= 4 is 5.97 Å². The van der Waals surface area contributed by atoms with Gasteiger partial charge >= 0.3 is 5.97 Å². The van der Waals surface area contributed by atoms with Crippen LogP contribution in [-0.4, -0.2) is 5.97 Å². The summed E-state index contributed by atoms with van der Waals surface area (Å²) in [6.45, 7) is 8.29. The number of hydrogen-bond acceptors (Lipinski definition) is 2. The van der Waals surface area contributed by atoms with E-state index in [2.05, 4.69) is 20.8 Å². The second kappa shape index (κ2) is 10.6. The lowest BCUT2D eigenvalue weighted by Crippen LogP contribution is -2.52. The van der Waals surface area contributed by atoms with E-state index < -0.39 is 0 Å². The van der Waals surface area contributed by atoms with E-state index in [0.717, 1.165) is 35.7 Å². The normalized spacial score (nSPS) is 40.1. The maximum absolute atomic E-state index is 12.4. The Morgan fingerprint density at radius 1 is 1.00 bits per heavy atom. The summed E-state index contributed by atoms with van der Waals surface area (Å²) in [5, 5.41) is 0. The summed E-state index contributed by atoms with van der Waals surface area (Å²) in [6, 6.07) is 10.0. The Kier molecular flexibility index (Phi) is 8.09. The minimum absolute atomic E-state index is 0. The summed E-state index contributed by atoms with van der Waals surface area (Å²) in [5.41, 5.74) is 2.73. The van der Waals surface area contributed by atoms with Crippen molar-refractivity contribution in [3.05, 3.63) is 35.9 Å². The topological polar surface area (TPSA) is 26.3 Å². The van der Waals surface area contributed by atoms with E-state index >= 15 is 0 Å². The number of rotatable bonds is 7. The molecule has 5 rings (SSSR count). The van der Waals surface area contributed by atoms with Crippen LogP contribution in [-0.2, 0) is 16.1 Å². The Bertz CT molecular complexity index is 848. The monoisotopic (exact) mass is 480 g/mol. The molecule has 0 bridgehead atoms. The van der Waals surface area contributed by atoms with E-state index in [9.17, 15) is 4.79 Å². The predicted molar refractivity (Wildman–Crippen MR) is 146 cm³/mol. The third-order valence-electron chi connectivity index (χ3n) is 11.9. The molecule has 4 aliphatic carbocycles. The van der Waals surface area contributed by atoms with E-state index in [0.29, 0.717) is 29.3 Å². The van der Waals surface area contributed by atoms with Gasteiger partial charge in [-0.1, -0.05) is 84.2 Å². The molecule has 2 heteroatoms. The Hall–Kier alpha value is -1.31. The Morgan fingerprint density at radius 3 is 2.57 bits per heavy atom. The molecular weight excluding hydrogens is 428 g/mol. The van der Waals surface area contributed by atoms with Gasteiger partial charge in [0, 0.05) is 6.42 Å². The summed E-state index contributed by atoms with van der Waals surface area (Å²) < 4.78 is 5.56. The molecule has 35 heavy (non-hydrogen) atoms. The number of esters is 1. The number of carbonyl (C=O) groups is 1. The van der Waals surface area contributed by atoms with Crippen molar-refractivity contribution in [3.8, 4) is 0 Å². The highest BCUT2D eigenvalue weighted by atomic mass is 16.5. The summed E-state index contributed by atoms with van der Waals surface area (Å²) in [7, 11) is 0. The third-order valence-corrected chi connectivity index (χ3v) is 11.9. The molecule has 1 aromatic rings. The fourth-order valence-corrected chi connectivity index (χ4v) is 10.3. The van der Waals surface area contributed by atoms with Crippen molar-refractivity contribution in [2.24, 2.45) is 39.9 Å². The standard InChI is InChI=1S/C32H48O2.CH4/c1-4-25-22-32(31(3)20-9-8-15-27(25)31)21-11-19-30(2)26(17-18-28(30)32)14-10-16-29(33)34-23-24-12-6-5-7-13-24;/h5-7,12-13,25-28H,4,8-11,14-23H2,1-3H3;1H4/t25-,26?,27?,28?,30?,31?,32?;/m0./s1. The molecule has 0 saturated heterocycles. The molecule has 6 unspecified atom stereocenters. The molecule has 7 atom stereocenters. The van der Waals surface area contributed by atoms with Crippen LogP contribution >= 0.6 is 0 Å². The maximum atomic E-state index is 12.4. The minimum Gasteiger partial charge on any atom is -0.461 e. The molecule has 4 saturated carbocycles. The second-order valence-electron chi connectivity index (χ2n) is 13.0. The quantitative estimate of drug-likeness (QED) is 0.363. The minimum atomic E-state index is -0.0252. The van der Waals surface area contributed by atoms with Crippen LogP contribution in [0.2, 0.25) is 0 Å². The predicted octanol–water partition coefficient (Wildman–Crippen LogP) is 9.37. The molecule has 4 aliphatic rings. The van der Waals surface area contributed by atoms with Gasteiger partial charge in [0.2, 0.25) is 0 Å². The second-order valence-corrected chi connectivity index (χ2v) is 13.0. The third kappa shape index (κ3) is 4.50. The molecule has 0 N–H and O–H groups in total. The van der Waals surface area contributed by atoms with Gasteiger partial charge in [-0.3, -0.25) is 4.79 Å². The molecule has 4 fully saturated rings. The van der Waals surface area contributed by atoms with Gasteiger partial charge in [0.15, 0.2) is 0 Å². The van der Waals surface area contributed by atoms with Crippen LogP contribution in [0.3, 0.4) is 0 Å². The fraction of sp³-hybridized carbons (Fsp3) is 0.788. The molecule has 0 aromatic heterocycles. The summed E-state index contributed by atoms with van der Waals surface area (Å²) in [4.78, 5) is 12.4. The van der Waals surface area contributed by atoms with E-state index in [1.165, 1.54) is 77.0 Å². The van der Waals surface area contributed by atoms with Crippen LogP contribution in [0.15, 0.2) is 30.3 Å². The first kappa shape index (κ1) is 26.7. The van der Waals surface area contributed by atoms with Crippen molar-refractivity contribution < 1.29 is 9.53 Å². The number of carbonyl (C=O) groups excluding carboxylic acids is 1. The first-order chi connectivity index (χ1) is 16.4. The Balaban J connectivity index is 0.00000289. The zero-order chi connectivity index (χ0) is 23.8. The first-order valence-corrected chi connectivity index (χ1v) is 14.6. The number of benzene rings is 1. The van der Waals surface area contributed by atoms with Crippen LogP contribution in [0.4, 0.5) is 0 Å². The van der Waals surface area contributed by atoms with Gasteiger partial charge < -0.3 is 4.74 Å². The van der Waals surface area contributed by atoms with Crippen molar-refractivity contribution in [2.75, 3.05) is 0 Å². The van der Waals surface area contributed by atoms with E-state index in [-0.39, 0.29) is 13.4 Å². The average molecular weight is 481 g/mol. The first-order valence-electron chi connectivity index (χ1n) is 14.6. The Morgan fingerprint density at radius 2 is 1.80 bits per heavy atom. The molecule has 0 aliphatic heterocycles. The van der Waals surface area contributed by atoms with Gasteiger partial charge in [0.1, 0.15) is 6.61 Å². The van der Waals surface area contributed by atoms with Crippen LogP contribution in [0.5, 0.6) is 0 Å². The molecule has 2 nitrogen and oxygen atoms in total. The average Bonchev–Trinajstić information content (AvgIpc) is 3.31. The summed E-state index contributed by atoms with van der Waals surface area (Å²) >= 11 is 0. The highest BCUT2D eigenvalue weighted by Gasteiger charge is 2.68. The lowest BCUT2D eigenvalue weighted by Gasteiger charge is -2.60. The highest BCUT2D eigenvalue weighted by molar-refractivity contribution is 5.69. The van der Waals surface area contributed by atoms with Gasteiger partial charge in [-0.25, -0.2) is 0 Å². The van der Waals surface area contributed by atoms with Crippen molar-refractivity contribution in [3.63, 3.8) is 0 Å². The molecule has 0 radical (unpaired) electrons. The molecule has 0 heterocycles. The molecule has 1 aromatic carbocycles. The lowest BCUT2D eigenvalue weighted by atomic mass is 9.45. The molecule has 0 amide bonds. The van der Waals surface area contributed by atoms with E-state index in [1.807, 2.05) is 30.3 Å². The van der Waals surface area contributed by atoms with Gasteiger partial charge in [-0.2, -0.15) is 0 Å². The van der Waals surface area contributed by atoms with Crippen molar-refractivity contribution in [1.29, 1.82) is 0 Å². The van der Waals surface area contributed by atoms with Gasteiger partial charge in [-0.05, 0) is 103 Å². The largest absolute Gasteiger partial charge is 0.461 e. The lowest BCUT2D eigenvalue weighted by molar-refractivity contribution is -0.145. The van der Waals surface area contributed by atoms with Crippen LogP contribution in [0.1, 0.15) is 124 Å². The molecule has 196 valence electrons. The summed E-state index contributed by atoms with van der Waals surface area (Å²) in [6.07, 6.45) is 18.8. The maximum Gasteiger partial charge on any atom is 0.306 e. The zero-order valence-electron chi connectivity index (χ0n) is 22.1. The van der Waals surface area contributed by atoms with E-state index in [4.69, 9.17) is 4.74 Å². The molecular formula is C33H52O2. The fourth-order valence-electron chi connectivity index (χ4n) is 10.3. The highest BCUT2D eigenvalue weighted by Crippen LogP contribution is 2.76. The van der Waals surface area contributed by atoms with Crippen LogP contribution < -0.4 is 0 Å². The number of hydrogen-bond donors (Lipinski definition) is 0. The van der Waals surface area contributed by atoms with Gasteiger partial charge in [-0.15, -0.1) is 0 Å². The molecule has 1 spiro atoms. The van der Waals surface area contributed by atoms with Crippen molar-refractivity contribution in [1.82, 2.24) is 0 Å². The summed E-state index contributed by atoms with van der Waals surface area (Å²) in [5.74, 6) is 3.62. The zero-order valence-corrected chi connectivity index (χ0v) is 22.1. The van der Waals surface area contributed by atoms with E-state index in [1.54, 1.807) is 0 Å². The van der Waals surface area contributed by atoms with Crippen LogP contribution in [0, 0.1) is 39.9 Å². The Labute approximate surface area is 216 Å². The van der Waals surface area contributed by atoms with Crippen LogP contribution in [0.25, 0.3) is 0 Å². The number of fused-ring (bicyclic) bond motifs is 4. The van der Waals surface area contributed by atoms with Crippen molar-refractivity contribution in [2.45, 2.75) is 125 Å². The smallest absolute Gasteiger partial charge is 0.306 e. The number of ether oxygens (including phenoxy) is 1. The van der Waals surface area contributed by atoms with Gasteiger partial charge in [0.05, 0.1) is 0 Å². The SMILES string of the molecule is C.CC[C@H]1CC2(CCCC3(C)C(CCCC(=O)OCc4ccccc4)CCC32)C2(C)CCCCC12.